The molecule has 1 saturated heterocycles. The summed E-state index contributed by atoms with van der Waals surface area (Å²) in [6.45, 7) is 6.65. The fraction of sp³-hybridized carbons (Fsp3) is 0.421. The van der Waals surface area contributed by atoms with Gasteiger partial charge < -0.3 is 5.32 Å². The van der Waals surface area contributed by atoms with Gasteiger partial charge in [0, 0.05) is 37.1 Å². The molecule has 1 unspecified atom stereocenters. The molecule has 116 valence electrons. The highest BCUT2D eigenvalue weighted by Gasteiger charge is 2.23. The summed E-state index contributed by atoms with van der Waals surface area (Å²) in [4.78, 5) is 7.03. The first-order valence-electron chi connectivity index (χ1n) is 8.20. The highest BCUT2D eigenvalue weighted by Crippen LogP contribution is 2.24. The van der Waals surface area contributed by atoms with Gasteiger partial charge in [-0.15, -0.1) is 0 Å². The molecule has 3 heteroatoms. The zero-order chi connectivity index (χ0) is 15.4. The van der Waals surface area contributed by atoms with Gasteiger partial charge in [0.15, 0.2) is 0 Å². The first-order chi connectivity index (χ1) is 10.7. The van der Waals surface area contributed by atoms with E-state index in [-0.39, 0.29) is 0 Å². The van der Waals surface area contributed by atoms with E-state index in [0.29, 0.717) is 12.1 Å². The second-order valence-corrected chi connectivity index (χ2v) is 6.25. The van der Waals surface area contributed by atoms with Crippen LogP contribution in [0.4, 0.5) is 5.69 Å². The van der Waals surface area contributed by atoms with Crippen LogP contribution in [-0.4, -0.2) is 29.0 Å². The molecule has 0 radical (unpaired) electrons. The van der Waals surface area contributed by atoms with E-state index in [2.05, 4.69) is 65.4 Å². The maximum absolute atomic E-state index is 4.49. The lowest BCUT2D eigenvalue weighted by atomic mass is 10.0. The number of hydrogen-bond acceptors (Lipinski definition) is 3. The molecule has 3 rings (SSSR count). The number of anilines is 1. The van der Waals surface area contributed by atoms with E-state index in [0.717, 1.165) is 13.1 Å². The van der Waals surface area contributed by atoms with E-state index in [1.54, 1.807) is 0 Å². The summed E-state index contributed by atoms with van der Waals surface area (Å²) in [6, 6.07) is 15.8. The minimum Gasteiger partial charge on any atom is -0.382 e. The third kappa shape index (κ3) is 3.66. The number of likely N-dealkylation sites (tertiary alicyclic amines) is 1. The summed E-state index contributed by atoms with van der Waals surface area (Å²) in [6.07, 6.45) is 4.26. The van der Waals surface area contributed by atoms with Gasteiger partial charge in [0.1, 0.15) is 0 Å². The van der Waals surface area contributed by atoms with Crippen molar-refractivity contribution in [3.63, 3.8) is 0 Å². The molecule has 1 aliphatic rings. The third-order valence-corrected chi connectivity index (χ3v) is 4.58. The molecule has 0 saturated carbocycles. The molecule has 0 spiro atoms. The predicted octanol–water partition coefficient (Wildman–Crippen LogP) is 4.03. The highest BCUT2D eigenvalue weighted by molar-refractivity contribution is 5.46. The van der Waals surface area contributed by atoms with Crippen molar-refractivity contribution in [1.82, 2.24) is 9.88 Å². The fourth-order valence-corrected chi connectivity index (χ4v) is 3.21. The quantitative estimate of drug-likeness (QED) is 0.923. The molecule has 22 heavy (non-hydrogen) atoms. The Kier molecular flexibility index (Phi) is 4.74. The minimum absolute atomic E-state index is 0.404. The summed E-state index contributed by atoms with van der Waals surface area (Å²) < 4.78 is 0. The zero-order valence-corrected chi connectivity index (χ0v) is 13.5. The maximum atomic E-state index is 4.49. The normalized spacial score (nSPS) is 18.1. The molecule has 1 N–H and O–H groups in total. The number of hydrogen-bond donors (Lipinski definition) is 1. The standard InChI is InChI=1S/C19H25N3/c1-15-6-5-7-18(14-15)21-17-9-12-22(13-10-17)16(2)19-8-3-4-11-20-19/h3-8,11,14,16-17,21H,9-10,12-13H2,1-2H3. The molecule has 0 aliphatic carbocycles. The van der Waals surface area contributed by atoms with Crippen LogP contribution in [-0.2, 0) is 0 Å². The summed E-state index contributed by atoms with van der Waals surface area (Å²) in [5, 5.41) is 3.68. The second-order valence-electron chi connectivity index (χ2n) is 6.25. The van der Waals surface area contributed by atoms with Gasteiger partial charge in [0.2, 0.25) is 0 Å². The molecule has 1 atom stereocenters. The van der Waals surface area contributed by atoms with Crippen LogP contribution in [0.15, 0.2) is 48.7 Å². The summed E-state index contributed by atoms with van der Waals surface area (Å²) in [5.41, 5.74) is 3.73. The van der Waals surface area contributed by atoms with Crippen molar-refractivity contribution < 1.29 is 0 Å². The Hall–Kier alpha value is -1.87. The molecule has 0 bridgehead atoms. The van der Waals surface area contributed by atoms with E-state index < -0.39 is 0 Å². The Morgan fingerprint density at radius 1 is 1.14 bits per heavy atom. The minimum atomic E-state index is 0.404. The van der Waals surface area contributed by atoms with Crippen LogP contribution in [0.3, 0.4) is 0 Å². The summed E-state index contributed by atoms with van der Waals surface area (Å²) >= 11 is 0. The predicted molar refractivity (Wildman–Crippen MR) is 92.0 cm³/mol. The van der Waals surface area contributed by atoms with Crippen molar-refractivity contribution in [3.8, 4) is 0 Å². The number of aryl methyl sites for hydroxylation is 1. The van der Waals surface area contributed by atoms with Crippen LogP contribution >= 0.6 is 0 Å². The SMILES string of the molecule is Cc1cccc(NC2CCN(C(C)c3ccccn3)CC2)c1. The Bertz CT molecular complexity index is 589. The van der Waals surface area contributed by atoms with Crippen LogP contribution in [0.25, 0.3) is 0 Å². The first-order valence-corrected chi connectivity index (χ1v) is 8.20. The molecule has 1 aliphatic heterocycles. The summed E-state index contributed by atoms with van der Waals surface area (Å²) in [7, 11) is 0. The van der Waals surface area contributed by atoms with Crippen molar-refractivity contribution in [1.29, 1.82) is 0 Å². The van der Waals surface area contributed by atoms with Gasteiger partial charge in [-0.2, -0.15) is 0 Å². The van der Waals surface area contributed by atoms with E-state index in [4.69, 9.17) is 0 Å². The third-order valence-electron chi connectivity index (χ3n) is 4.58. The number of nitrogens with zero attached hydrogens (tertiary/aromatic N) is 2. The number of nitrogens with one attached hydrogen (secondary N) is 1. The zero-order valence-electron chi connectivity index (χ0n) is 13.5. The fourth-order valence-electron chi connectivity index (χ4n) is 3.21. The number of rotatable bonds is 4. The molecule has 2 heterocycles. The van der Waals surface area contributed by atoms with Crippen LogP contribution in [0.1, 0.15) is 37.1 Å². The Morgan fingerprint density at radius 3 is 2.64 bits per heavy atom. The maximum Gasteiger partial charge on any atom is 0.0572 e. The molecule has 3 nitrogen and oxygen atoms in total. The van der Waals surface area contributed by atoms with E-state index in [1.807, 2.05) is 12.3 Å². The highest BCUT2D eigenvalue weighted by atomic mass is 15.2. The molecule has 1 fully saturated rings. The van der Waals surface area contributed by atoms with Gasteiger partial charge in [-0.25, -0.2) is 0 Å². The lowest BCUT2D eigenvalue weighted by Gasteiger charge is -2.36. The second kappa shape index (κ2) is 6.93. The Morgan fingerprint density at radius 2 is 1.95 bits per heavy atom. The van der Waals surface area contributed by atoms with Crippen molar-refractivity contribution in [2.24, 2.45) is 0 Å². The molecule has 2 aromatic rings. The molecule has 1 aromatic heterocycles. The van der Waals surface area contributed by atoms with Crippen molar-refractivity contribution >= 4 is 5.69 Å². The van der Waals surface area contributed by atoms with Gasteiger partial charge in [0.25, 0.3) is 0 Å². The lowest BCUT2D eigenvalue weighted by molar-refractivity contribution is 0.165. The van der Waals surface area contributed by atoms with E-state index in [9.17, 15) is 0 Å². The van der Waals surface area contributed by atoms with Crippen molar-refractivity contribution in [2.75, 3.05) is 18.4 Å². The topological polar surface area (TPSA) is 28.2 Å². The number of aromatic nitrogens is 1. The van der Waals surface area contributed by atoms with Crippen LogP contribution in [0.2, 0.25) is 0 Å². The summed E-state index contributed by atoms with van der Waals surface area (Å²) in [5.74, 6) is 0. The van der Waals surface area contributed by atoms with Crippen molar-refractivity contribution in [2.45, 2.75) is 38.8 Å². The van der Waals surface area contributed by atoms with Gasteiger partial charge in [-0.1, -0.05) is 18.2 Å². The van der Waals surface area contributed by atoms with E-state index in [1.165, 1.54) is 29.8 Å². The Balaban J connectivity index is 1.54. The van der Waals surface area contributed by atoms with Gasteiger partial charge in [-0.05, 0) is 56.5 Å². The largest absolute Gasteiger partial charge is 0.382 e. The molecule has 0 amide bonds. The first kappa shape index (κ1) is 15.0. The van der Waals surface area contributed by atoms with Crippen LogP contribution in [0.5, 0.6) is 0 Å². The molecular weight excluding hydrogens is 270 g/mol. The van der Waals surface area contributed by atoms with Gasteiger partial charge in [0.05, 0.1) is 5.69 Å². The molecular formula is C19H25N3. The number of pyridine rings is 1. The number of benzene rings is 1. The van der Waals surface area contributed by atoms with Gasteiger partial charge in [-0.3, -0.25) is 9.88 Å². The van der Waals surface area contributed by atoms with Crippen LogP contribution < -0.4 is 5.32 Å². The average molecular weight is 295 g/mol. The average Bonchev–Trinajstić information content (AvgIpc) is 2.56. The molecule has 1 aromatic carbocycles. The Labute approximate surface area is 133 Å². The van der Waals surface area contributed by atoms with Crippen LogP contribution in [0, 0.1) is 6.92 Å². The van der Waals surface area contributed by atoms with E-state index >= 15 is 0 Å². The smallest absolute Gasteiger partial charge is 0.0572 e. The lowest BCUT2D eigenvalue weighted by Crippen LogP contribution is -2.40. The van der Waals surface area contributed by atoms with Crippen molar-refractivity contribution in [3.05, 3.63) is 59.9 Å². The van der Waals surface area contributed by atoms with Gasteiger partial charge >= 0.3 is 0 Å². The number of piperidine rings is 1. The monoisotopic (exact) mass is 295 g/mol.